The van der Waals surface area contributed by atoms with Gasteiger partial charge in [-0.15, -0.1) is 0 Å². The molecular weight excluding hydrogens is 517 g/mol. The molecule has 0 saturated carbocycles. The number of benzene rings is 3. The van der Waals surface area contributed by atoms with Crippen LogP contribution >= 0.6 is 34.8 Å². The molecular formula is C24H22Cl3N3O3S. The summed E-state index contributed by atoms with van der Waals surface area (Å²) in [5.74, 6) is 0.287. The summed E-state index contributed by atoms with van der Waals surface area (Å²) in [6.45, 7) is 1.90. The molecule has 1 atom stereocenters. The molecule has 0 spiro atoms. The Bertz CT molecular complexity index is 1350. The minimum absolute atomic E-state index is 0.0329. The van der Waals surface area contributed by atoms with Gasteiger partial charge >= 0.3 is 0 Å². The van der Waals surface area contributed by atoms with Crippen LogP contribution in [0.1, 0.15) is 23.6 Å². The maximum atomic E-state index is 13.0. The highest BCUT2D eigenvalue weighted by Gasteiger charge is 2.31. The van der Waals surface area contributed by atoms with Gasteiger partial charge in [0.1, 0.15) is 10.6 Å². The third-order valence-corrected chi connectivity index (χ3v) is 7.69. The highest BCUT2D eigenvalue weighted by molar-refractivity contribution is 7.89. The lowest BCUT2D eigenvalue weighted by Crippen LogP contribution is -2.29. The average molecular weight is 539 g/mol. The molecule has 0 saturated heterocycles. The average Bonchev–Trinajstić information content (AvgIpc) is 3.22. The van der Waals surface area contributed by atoms with Crippen LogP contribution in [0.25, 0.3) is 0 Å². The van der Waals surface area contributed by atoms with Gasteiger partial charge in [-0.25, -0.2) is 13.1 Å². The van der Waals surface area contributed by atoms with Crippen LogP contribution in [0.15, 0.2) is 70.7 Å². The number of nitrogens with zero attached hydrogens (tertiary/aromatic N) is 2. The topological polar surface area (TPSA) is 71.0 Å². The van der Waals surface area contributed by atoms with E-state index in [-0.39, 0.29) is 23.2 Å². The Hall–Kier alpha value is -2.29. The fourth-order valence-electron chi connectivity index (χ4n) is 3.77. The Morgan fingerprint density at radius 1 is 1.03 bits per heavy atom. The number of methoxy groups -OCH3 is 1. The molecule has 0 fully saturated rings. The first-order valence-electron chi connectivity index (χ1n) is 10.4. The minimum atomic E-state index is -3.83. The van der Waals surface area contributed by atoms with E-state index in [1.807, 2.05) is 31.2 Å². The molecule has 1 heterocycles. The third kappa shape index (κ3) is 5.34. The normalized spacial score (nSPS) is 16.0. The van der Waals surface area contributed by atoms with Crippen molar-refractivity contribution in [1.29, 1.82) is 0 Å². The van der Waals surface area contributed by atoms with Crippen LogP contribution in [0.4, 0.5) is 5.69 Å². The van der Waals surface area contributed by atoms with Gasteiger partial charge in [0.2, 0.25) is 10.0 Å². The van der Waals surface area contributed by atoms with E-state index in [1.165, 1.54) is 13.2 Å². The van der Waals surface area contributed by atoms with Crippen molar-refractivity contribution >= 4 is 56.2 Å². The molecule has 34 heavy (non-hydrogen) atoms. The fourth-order valence-corrected chi connectivity index (χ4v) is 5.55. The van der Waals surface area contributed by atoms with Crippen LogP contribution in [-0.2, 0) is 10.0 Å². The zero-order valence-corrected chi connectivity index (χ0v) is 21.5. The number of hydrazone groups is 1. The molecule has 3 aromatic carbocycles. The van der Waals surface area contributed by atoms with E-state index in [0.717, 1.165) is 11.1 Å². The lowest BCUT2D eigenvalue weighted by molar-refractivity contribution is 0.402. The number of ether oxygens (including phenoxy) is 1. The smallest absolute Gasteiger partial charge is 0.244 e. The van der Waals surface area contributed by atoms with Crippen molar-refractivity contribution < 1.29 is 13.2 Å². The molecule has 6 nitrogen and oxygen atoms in total. The van der Waals surface area contributed by atoms with Crippen LogP contribution < -0.4 is 14.5 Å². The fraction of sp³-hybridized carbons (Fsp3) is 0.208. The van der Waals surface area contributed by atoms with Gasteiger partial charge in [0, 0.05) is 16.5 Å². The van der Waals surface area contributed by atoms with Crippen LogP contribution in [-0.4, -0.2) is 27.8 Å². The summed E-state index contributed by atoms with van der Waals surface area (Å²) in [6.07, 6.45) is 0.494. The van der Waals surface area contributed by atoms with Gasteiger partial charge in [-0.3, -0.25) is 5.01 Å². The predicted octanol–water partition coefficient (Wildman–Crippen LogP) is 6.25. The Morgan fingerprint density at radius 3 is 2.41 bits per heavy atom. The Labute approximate surface area is 214 Å². The molecule has 4 rings (SSSR count). The van der Waals surface area contributed by atoms with Crippen molar-refractivity contribution in [1.82, 2.24) is 4.72 Å². The summed E-state index contributed by atoms with van der Waals surface area (Å²) in [5, 5.41) is 8.09. The summed E-state index contributed by atoms with van der Waals surface area (Å²) in [5.41, 5.74) is 3.19. The summed E-state index contributed by atoms with van der Waals surface area (Å²) in [6, 6.07) is 17.4. The van der Waals surface area contributed by atoms with Crippen LogP contribution in [0.5, 0.6) is 5.75 Å². The minimum Gasteiger partial charge on any atom is -0.495 e. The monoisotopic (exact) mass is 537 g/mol. The Morgan fingerprint density at radius 2 is 1.74 bits per heavy atom. The standard InChI is InChI=1S/C24H22Cl3N3O3S/c1-15-3-10-24(23(11-15)33-2)34(31,32)28-14-19-13-22(16-4-6-17(25)7-5-16)30(29-19)21-9-8-18(26)12-20(21)27/h3-12,22,28H,13-14H2,1-2H3. The molecule has 3 aromatic rings. The number of hydrogen-bond donors (Lipinski definition) is 1. The van der Waals surface area contributed by atoms with Crippen molar-refractivity contribution in [3.05, 3.63) is 86.9 Å². The van der Waals surface area contributed by atoms with E-state index >= 15 is 0 Å². The number of halogens is 3. The van der Waals surface area contributed by atoms with Gasteiger partial charge in [-0.1, -0.05) is 53.0 Å². The van der Waals surface area contributed by atoms with Crippen molar-refractivity contribution in [3.8, 4) is 5.75 Å². The van der Waals surface area contributed by atoms with Crippen LogP contribution in [0, 0.1) is 6.92 Å². The molecule has 0 amide bonds. The summed E-state index contributed by atoms with van der Waals surface area (Å²) >= 11 is 18.6. The van der Waals surface area contributed by atoms with E-state index in [0.29, 0.717) is 32.9 Å². The summed E-state index contributed by atoms with van der Waals surface area (Å²) in [4.78, 5) is 0.0750. The second-order valence-corrected chi connectivity index (χ2v) is 10.9. The number of anilines is 1. The predicted molar refractivity (Wildman–Crippen MR) is 138 cm³/mol. The molecule has 1 N–H and O–H groups in total. The number of hydrogen-bond acceptors (Lipinski definition) is 5. The molecule has 0 bridgehead atoms. The first kappa shape index (κ1) is 24.8. The third-order valence-electron chi connectivity index (χ3n) is 5.46. The Kier molecular flexibility index (Phi) is 7.40. The second kappa shape index (κ2) is 10.1. The maximum absolute atomic E-state index is 13.0. The summed E-state index contributed by atoms with van der Waals surface area (Å²) in [7, 11) is -2.38. The summed E-state index contributed by atoms with van der Waals surface area (Å²) < 4.78 is 33.9. The van der Waals surface area contributed by atoms with Crippen molar-refractivity contribution in [2.45, 2.75) is 24.3 Å². The van der Waals surface area contributed by atoms with Gasteiger partial charge in [0.15, 0.2) is 0 Å². The van der Waals surface area contributed by atoms with E-state index < -0.39 is 10.0 Å². The largest absolute Gasteiger partial charge is 0.495 e. The van der Waals surface area contributed by atoms with E-state index in [4.69, 9.17) is 44.6 Å². The number of rotatable bonds is 7. The molecule has 1 unspecified atom stereocenters. The first-order valence-corrected chi connectivity index (χ1v) is 13.0. The molecule has 1 aliphatic heterocycles. The molecule has 178 valence electrons. The number of sulfonamides is 1. The lowest BCUT2D eigenvalue weighted by atomic mass is 10.0. The SMILES string of the molecule is COc1cc(C)ccc1S(=O)(=O)NCC1=NN(c2ccc(Cl)cc2Cl)C(c2ccc(Cl)cc2)C1. The van der Waals surface area contributed by atoms with Gasteiger partial charge in [0.05, 0.1) is 36.1 Å². The van der Waals surface area contributed by atoms with Gasteiger partial charge in [0.25, 0.3) is 0 Å². The molecule has 10 heteroatoms. The van der Waals surface area contributed by atoms with Crippen LogP contribution in [0.2, 0.25) is 15.1 Å². The van der Waals surface area contributed by atoms with Crippen molar-refractivity contribution in [2.24, 2.45) is 5.10 Å². The molecule has 0 aliphatic carbocycles. The van der Waals surface area contributed by atoms with E-state index in [2.05, 4.69) is 4.72 Å². The number of nitrogens with one attached hydrogen (secondary N) is 1. The van der Waals surface area contributed by atoms with Crippen LogP contribution in [0.3, 0.4) is 0 Å². The van der Waals surface area contributed by atoms with Gasteiger partial charge in [-0.2, -0.15) is 5.10 Å². The van der Waals surface area contributed by atoms with Crippen molar-refractivity contribution in [2.75, 3.05) is 18.7 Å². The van der Waals surface area contributed by atoms with Gasteiger partial charge in [-0.05, 0) is 60.5 Å². The zero-order chi connectivity index (χ0) is 24.5. The second-order valence-electron chi connectivity index (χ2n) is 7.86. The van der Waals surface area contributed by atoms with E-state index in [1.54, 1.807) is 35.3 Å². The first-order chi connectivity index (χ1) is 16.2. The van der Waals surface area contributed by atoms with E-state index in [9.17, 15) is 8.42 Å². The highest BCUT2D eigenvalue weighted by atomic mass is 35.5. The van der Waals surface area contributed by atoms with Crippen molar-refractivity contribution in [3.63, 3.8) is 0 Å². The highest BCUT2D eigenvalue weighted by Crippen LogP contribution is 2.39. The maximum Gasteiger partial charge on any atom is 0.244 e. The molecule has 0 radical (unpaired) electrons. The van der Waals surface area contributed by atoms with Gasteiger partial charge < -0.3 is 4.74 Å². The lowest BCUT2D eigenvalue weighted by Gasteiger charge is -2.25. The molecule has 0 aromatic heterocycles. The zero-order valence-electron chi connectivity index (χ0n) is 18.4. The Balaban J connectivity index is 1.62. The number of aryl methyl sites for hydroxylation is 1. The molecule has 1 aliphatic rings. The quantitative estimate of drug-likeness (QED) is 0.386.